The van der Waals surface area contributed by atoms with E-state index in [-0.39, 0.29) is 30.1 Å². The predicted octanol–water partition coefficient (Wildman–Crippen LogP) is 0.855. The lowest BCUT2D eigenvalue weighted by molar-refractivity contribution is -0.00864. The van der Waals surface area contributed by atoms with Gasteiger partial charge >= 0.3 is 0 Å². The van der Waals surface area contributed by atoms with E-state index in [0.717, 1.165) is 42.5 Å². The molecule has 2 saturated heterocycles. The normalized spacial score (nSPS) is 27.9. The molecule has 3 rings (SSSR count). The molecule has 2 fully saturated rings. The molecule has 0 saturated carbocycles. The van der Waals surface area contributed by atoms with Crippen LogP contribution >= 0.6 is 35.7 Å². The van der Waals surface area contributed by atoms with Gasteiger partial charge in [0.2, 0.25) is 0 Å². The van der Waals surface area contributed by atoms with Gasteiger partial charge in [0.05, 0.1) is 24.9 Å². The van der Waals surface area contributed by atoms with Crippen LogP contribution in [0.15, 0.2) is 17.4 Å². The molecule has 0 bridgehead atoms. The molecule has 2 atom stereocenters. The number of aliphatic hydroxyl groups is 1. The highest BCUT2D eigenvalue weighted by Crippen LogP contribution is 2.27. The minimum Gasteiger partial charge on any atom is -0.387 e. The summed E-state index contributed by atoms with van der Waals surface area (Å²) < 4.78 is 7.66. The molecule has 2 aliphatic heterocycles. The number of morpholine rings is 1. The fourth-order valence-corrected chi connectivity index (χ4v) is 4.26. The van der Waals surface area contributed by atoms with Crippen LogP contribution in [0.25, 0.3) is 0 Å². The topological polar surface area (TPSA) is 74.9 Å². The van der Waals surface area contributed by atoms with Gasteiger partial charge in [-0.1, -0.05) is 0 Å². The number of halogens is 1. The molecule has 7 nitrogen and oxygen atoms in total. The third-order valence-electron chi connectivity index (χ3n) is 4.33. The Morgan fingerprint density at radius 3 is 3.08 bits per heavy atom. The van der Waals surface area contributed by atoms with Crippen LogP contribution in [0.1, 0.15) is 18.1 Å². The second-order valence-corrected chi connectivity index (χ2v) is 7.29. The van der Waals surface area contributed by atoms with Crippen molar-refractivity contribution in [1.82, 2.24) is 20.0 Å². The van der Waals surface area contributed by atoms with Crippen LogP contribution in [-0.2, 0) is 11.8 Å². The highest BCUT2D eigenvalue weighted by molar-refractivity contribution is 14.0. The van der Waals surface area contributed by atoms with Crippen molar-refractivity contribution in [3.63, 3.8) is 0 Å². The summed E-state index contributed by atoms with van der Waals surface area (Å²) >= 11 is 1.80. The van der Waals surface area contributed by atoms with Crippen LogP contribution in [0.2, 0.25) is 0 Å². The summed E-state index contributed by atoms with van der Waals surface area (Å²) in [5.74, 6) is 2.64. The molecule has 1 aromatic rings. The first kappa shape index (κ1) is 19.8. The number of guanidine groups is 1. The van der Waals surface area contributed by atoms with Gasteiger partial charge in [-0.3, -0.25) is 9.67 Å². The summed E-state index contributed by atoms with van der Waals surface area (Å²) in [6.07, 6.45) is 4.68. The van der Waals surface area contributed by atoms with E-state index in [1.165, 1.54) is 0 Å². The van der Waals surface area contributed by atoms with Crippen molar-refractivity contribution in [3.05, 3.63) is 18.0 Å². The molecular formula is C15H26IN5O2S. The maximum atomic E-state index is 10.5. The van der Waals surface area contributed by atoms with Gasteiger partial charge in [0.15, 0.2) is 5.96 Å². The summed E-state index contributed by atoms with van der Waals surface area (Å²) in [4.78, 5) is 6.56. The third-order valence-corrected chi connectivity index (χ3v) is 5.57. The Bertz CT molecular complexity index is 562. The number of aryl methyl sites for hydroxylation is 1. The van der Waals surface area contributed by atoms with Gasteiger partial charge in [0.1, 0.15) is 6.10 Å². The Kier molecular flexibility index (Phi) is 7.20. The zero-order valence-electron chi connectivity index (χ0n) is 14.1. The summed E-state index contributed by atoms with van der Waals surface area (Å²) in [5.41, 5.74) is 0.466. The Morgan fingerprint density at radius 2 is 2.46 bits per heavy atom. The lowest BCUT2D eigenvalue weighted by atomic mass is 10.0. The van der Waals surface area contributed by atoms with Gasteiger partial charge in [0.25, 0.3) is 0 Å². The molecule has 3 heterocycles. The van der Waals surface area contributed by atoms with Gasteiger partial charge in [-0.25, -0.2) is 0 Å². The van der Waals surface area contributed by atoms with Crippen LogP contribution in [0.5, 0.6) is 0 Å². The Morgan fingerprint density at radius 1 is 1.62 bits per heavy atom. The first-order chi connectivity index (χ1) is 11.1. The number of nitrogens with one attached hydrogen (secondary N) is 1. The molecule has 1 aromatic heterocycles. The highest BCUT2D eigenvalue weighted by Gasteiger charge is 2.33. The van der Waals surface area contributed by atoms with E-state index in [9.17, 15) is 5.11 Å². The van der Waals surface area contributed by atoms with Crippen molar-refractivity contribution in [2.45, 2.75) is 18.1 Å². The molecule has 2 unspecified atom stereocenters. The molecule has 24 heavy (non-hydrogen) atoms. The van der Waals surface area contributed by atoms with Gasteiger partial charge in [-0.15, -0.1) is 24.0 Å². The minimum atomic E-state index is -0.615. The van der Waals surface area contributed by atoms with E-state index in [4.69, 9.17) is 4.74 Å². The monoisotopic (exact) mass is 467 g/mol. The average molecular weight is 467 g/mol. The molecule has 9 heteroatoms. The number of aliphatic imine (C=N–C) groups is 1. The van der Waals surface area contributed by atoms with Crippen LogP contribution in [0.4, 0.5) is 0 Å². The SMILES string of the molecule is CN=C(NCC1(O)CCSC1)N1CCOC(c2cnn(C)c2)C1.I. The van der Waals surface area contributed by atoms with Crippen LogP contribution in [0.3, 0.4) is 0 Å². The zero-order chi connectivity index (χ0) is 16.3. The van der Waals surface area contributed by atoms with Crippen LogP contribution in [-0.4, -0.2) is 76.1 Å². The molecule has 2 N–H and O–H groups in total. The third kappa shape index (κ3) is 4.77. The minimum absolute atomic E-state index is 0. The summed E-state index contributed by atoms with van der Waals surface area (Å²) in [6, 6.07) is 0. The maximum Gasteiger partial charge on any atom is 0.193 e. The summed E-state index contributed by atoms with van der Waals surface area (Å²) in [5, 5.41) is 18.0. The average Bonchev–Trinajstić information content (AvgIpc) is 3.17. The van der Waals surface area contributed by atoms with Gasteiger partial charge in [0, 0.05) is 44.7 Å². The quantitative estimate of drug-likeness (QED) is 0.390. The first-order valence-corrected chi connectivity index (χ1v) is 9.11. The van der Waals surface area contributed by atoms with E-state index >= 15 is 0 Å². The summed E-state index contributed by atoms with van der Waals surface area (Å²) in [7, 11) is 3.69. The number of nitrogens with zero attached hydrogens (tertiary/aromatic N) is 4. The molecule has 0 aromatic carbocycles. The number of thioether (sulfide) groups is 1. The van der Waals surface area contributed by atoms with Crippen molar-refractivity contribution in [2.75, 3.05) is 44.8 Å². The smallest absolute Gasteiger partial charge is 0.193 e. The largest absolute Gasteiger partial charge is 0.387 e. The molecule has 0 aliphatic carbocycles. The highest BCUT2D eigenvalue weighted by atomic mass is 127. The van der Waals surface area contributed by atoms with E-state index in [2.05, 4.69) is 20.3 Å². The molecule has 0 amide bonds. The Labute approximate surface area is 164 Å². The number of hydrogen-bond acceptors (Lipinski definition) is 5. The van der Waals surface area contributed by atoms with Crippen molar-refractivity contribution in [3.8, 4) is 0 Å². The van der Waals surface area contributed by atoms with Gasteiger partial charge in [-0.05, 0) is 12.2 Å². The zero-order valence-corrected chi connectivity index (χ0v) is 17.3. The Hall–Kier alpha value is -0.520. The molecule has 2 aliphatic rings. The second kappa shape index (κ2) is 8.72. The molecule has 0 radical (unpaired) electrons. The van der Waals surface area contributed by atoms with Crippen molar-refractivity contribution < 1.29 is 9.84 Å². The number of ether oxygens (including phenoxy) is 1. The predicted molar refractivity (Wildman–Crippen MR) is 107 cm³/mol. The number of hydrogen-bond donors (Lipinski definition) is 2. The van der Waals surface area contributed by atoms with Crippen molar-refractivity contribution >= 4 is 41.7 Å². The summed E-state index contributed by atoms with van der Waals surface area (Å²) in [6.45, 7) is 2.73. The maximum absolute atomic E-state index is 10.5. The second-order valence-electron chi connectivity index (χ2n) is 6.18. The molecule has 136 valence electrons. The van der Waals surface area contributed by atoms with E-state index in [1.807, 2.05) is 19.4 Å². The molecular weight excluding hydrogens is 441 g/mol. The van der Waals surface area contributed by atoms with E-state index < -0.39 is 5.60 Å². The lowest BCUT2D eigenvalue weighted by Crippen LogP contribution is -2.52. The lowest BCUT2D eigenvalue weighted by Gasteiger charge is -2.35. The van der Waals surface area contributed by atoms with Gasteiger partial charge in [-0.2, -0.15) is 16.9 Å². The van der Waals surface area contributed by atoms with E-state index in [0.29, 0.717) is 13.2 Å². The first-order valence-electron chi connectivity index (χ1n) is 7.95. The Balaban J connectivity index is 0.00000208. The molecule has 0 spiro atoms. The van der Waals surface area contributed by atoms with Crippen LogP contribution in [0, 0.1) is 0 Å². The van der Waals surface area contributed by atoms with Crippen LogP contribution < -0.4 is 5.32 Å². The van der Waals surface area contributed by atoms with Crippen molar-refractivity contribution in [1.29, 1.82) is 0 Å². The fourth-order valence-electron chi connectivity index (χ4n) is 2.96. The fraction of sp³-hybridized carbons (Fsp3) is 0.733. The standard InChI is InChI=1S/C15H25N5O2S.HI/c1-16-14(17-10-15(21)3-6-23-11-15)20-4-5-22-13(9-20)12-7-18-19(2)8-12;/h7-8,13,21H,3-6,9-11H2,1-2H3,(H,16,17);1H. The number of rotatable bonds is 3. The number of aromatic nitrogens is 2. The van der Waals surface area contributed by atoms with E-state index in [1.54, 1.807) is 23.5 Å². The van der Waals surface area contributed by atoms with Gasteiger partial charge < -0.3 is 20.1 Å². The van der Waals surface area contributed by atoms with Crippen molar-refractivity contribution in [2.24, 2.45) is 12.0 Å².